The smallest absolute Gasteiger partial charge is 0.255 e. The number of hydrogen-bond acceptors (Lipinski definition) is 3. The molecule has 0 aromatic heterocycles. The van der Waals surface area contributed by atoms with Gasteiger partial charge in [0.25, 0.3) is 11.8 Å². The molecule has 0 atom stereocenters. The molecule has 2 amide bonds. The Hall–Kier alpha value is -3.60. The fraction of sp³-hybridized carbons (Fsp3) is 0.0476. The lowest BCUT2D eigenvalue weighted by Crippen LogP contribution is -2.14. The zero-order valence-electron chi connectivity index (χ0n) is 14.3. The van der Waals surface area contributed by atoms with Gasteiger partial charge >= 0.3 is 0 Å². The minimum absolute atomic E-state index is 0.201. The molecule has 0 unspecified atom stereocenters. The highest BCUT2D eigenvalue weighted by molar-refractivity contribution is 6.06. The predicted molar refractivity (Wildman–Crippen MR) is 104 cm³/mol. The van der Waals surface area contributed by atoms with Gasteiger partial charge in [-0.25, -0.2) is 0 Å². The minimum atomic E-state index is -0.264. The highest BCUT2D eigenvalue weighted by Gasteiger charge is 2.09. The number of benzene rings is 3. The minimum Gasteiger partial charge on any atom is -0.399 e. The van der Waals surface area contributed by atoms with Crippen LogP contribution >= 0.6 is 0 Å². The Bertz CT molecular complexity index is 892. The molecule has 3 aromatic rings. The molecule has 0 spiro atoms. The van der Waals surface area contributed by atoms with Crippen LogP contribution in [-0.2, 0) is 0 Å². The van der Waals surface area contributed by atoms with Gasteiger partial charge in [-0.3, -0.25) is 9.59 Å². The molecule has 0 radical (unpaired) electrons. The van der Waals surface area contributed by atoms with Gasteiger partial charge in [-0.05, 0) is 55.5 Å². The summed E-state index contributed by atoms with van der Waals surface area (Å²) in [7, 11) is 0. The van der Waals surface area contributed by atoms with Gasteiger partial charge < -0.3 is 16.4 Å². The molecular weight excluding hydrogens is 326 g/mol. The topological polar surface area (TPSA) is 84.2 Å². The normalized spacial score (nSPS) is 10.2. The maximum absolute atomic E-state index is 12.3. The van der Waals surface area contributed by atoms with Gasteiger partial charge in [-0.1, -0.05) is 29.8 Å². The second-order valence-corrected chi connectivity index (χ2v) is 5.98. The first-order valence-electron chi connectivity index (χ1n) is 8.16. The molecular formula is C21H19N3O2. The molecule has 0 bridgehead atoms. The van der Waals surface area contributed by atoms with Crippen LogP contribution in [0.15, 0.2) is 72.8 Å². The molecule has 5 nitrogen and oxygen atoms in total. The Morgan fingerprint density at radius 2 is 1.27 bits per heavy atom. The number of amides is 2. The van der Waals surface area contributed by atoms with E-state index in [2.05, 4.69) is 10.6 Å². The Balaban J connectivity index is 1.72. The van der Waals surface area contributed by atoms with E-state index in [4.69, 9.17) is 5.73 Å². The average molecular weight is 345 g/mol. The maximum atomic E-state index is 12.3. The van der Waals surface area contributed by atoms with Crippen molar-refractivity contribution in [1.29, 1.82) is 0 Å². The number of aryl methyl sites for hydroxylation is 1. The summed E-state index contributed by atoms with van der Waals surface area (Å²) >= 11 is 0. The number of rotatable bonds is 4. The average Bonchev–Trinajstić information content (AvgIpc) is 2.62. The Kier molecular flexibility index (Phi) is 4.99. The second-order valence-electron chi connectivity index (χ2n) is 5.98. The van der Waals surface area contributed by atoms with Crippen LogP contribution in [0.4, 0.5) is 17.1 Å². The van der Waals surface area contributed by atoms with Crippen LogP contribution in [0.2, 0.25) is 0 Å². The van der Waals surface area contributed by atoms with Crippen molar-refractivity contribution in [1.82, 2.24) is 0 Å². The van der Waals surface area contributed by atoms with Crippen LogP contribution in [0.25, 0.3) is 0 Å². The third-order valence-electron chi connectivity index (χ3n) is 3.81. The summed E-state index contributed by atoms with van der Waals surface area (Å²) in [6.45, 7) is 1.93. The fourth-order valence-electron chi connectivity index (χ4n) is 2.55. The molecule has 3 aromatic carbocycles. The molecule has 26 heavy (non-hydrogen) atoms. The monoisotopic (exact) mass is 345 g/mol. The summed E-state index contributed by atoms with van der Waals surface area (Å²) in [5.74, 6) is -0.465. The first-order valence-corrected chi connectivity index (χ1v) is 8.16. The molecule has 0 aliphatic carbocycles. The first-order chi connectivity index (χ1) is 12.5. The fourth-order valence-corrected chi connectivity index (χ4v) is 2.55. The third-order valence-corrected chi connectivity index (χ3v) is 3.81. The van der Waals surface area contributed by atoms with Crippen molar-refractivity contribution >= 4 is 28.9 Å². The summed E-state index contributed by atoms with van der Waals surface area (Å²) in [5.41, 5.74) is 9.48. The quantitative estimate of drug-likeness (QED) is 0.623. The van der Waals surface area contributed by atoms with Gasteiger partial charge in [0.15, 0.2) is 0 Å². The number of carbonyl (C=O) groups is 2. The van der Waals surface area contributed by atoms with E-state index in [0.717, 1.165) is 5.56 Å². The third kappa shape index (κ3) is 4.27. The van der Waals surface area contributed by atoms with E-state index in [9.17, 15) is 9.59 Å². The molecule has 5 heteroatoms. The number of hydrogen-bond donors (Lipinski definition) is 3. The molecule has 3 rings (SSSR count). The van der Waals surface area contributed by atoms with Crippen LogP contribution in [-0.4, -0.2) is 11.8 Å². The van der Waals surface area contributed by atoms with Crippen LogP contribution in [0.3, 0.4) is 0 Å². The Labute approximate surface area is 151 Å². The highest BCUT2D eigenvalue weighted by atomic mass is 16.2. The van der Waals surface area contributed by atoms with Crippen molar-refractivity contribution in [3.63, 3.8) is 0 Å². The van der Waals surface area contributed by atoms with Crippen LogP contribution in [0.1, 0.15) is 26.3 Å². The molecule has 0 fully saturated rings. The van der Waals surface area contributed by atoms with Crippen LogP contribution < -0.4 is 16.4 Å². The summed E-state index contributed by atoms with van der Waals surface area (Å²) in [4.78, 5) is 24.7. The van der Waals surface area contributed by atoms with Crippen molar-refractivity contribution in [2.45, 2.75) is 6.92 Å². The Morgan fingerprint density at radius 1 is 0.731 bits per heavy atom. The van der Waals surface area contributed by atoms with E-state index in [-0.39, 0.29) is 11.8 Å². The zero-order valence-corrected chi connectivity index (χ0v) is 14.3. The van der Waals surface area contributed by atoms with Gasteiger partial charge in [0, 0.05) is 28.2 Å². The Morgan fingerprint density at radius 3 is 1.85 bits per heavy atom. The number of carbonyl (C=O) groups excluding carboxylic acids is 2. The van der Waals surface area contributed by atoms with E-state index in [0.29, 0.717) is 28.2 Å². The van der Waals surface area contributed by atoms with E-state index in [1.807, 2.05) is 25.1 Å². The van der Waals surface area contributed by atoms with Gasteiger partial charge in [-0.15, -0.1) is 0 Å². The number of anilines is 3. The van der Waals surface area contributed by atoms with Crippen molar-refractivity contribution in [2.24, 2.45) is 0 Å². The lowest BCUT2D eigenvalue weighted by Gasteiger charge is -2.09. The summed E-state index contributed by atoms with van der Waals surface area (Å²) < 4.78 is 0. The molecule has 0 heterocycles. The van der Waals surface area contributed by atoms with Gasteiger partial charge in [-0.2, -0.15) is 0 Å². The number of nitrogens with two attached hydrogens (primary N) is 1. The molecule has 130 valence electrons. The molecule has 0 aliphatic rings. The van der Waals surface area contributed by atoms with E-state index in [1.165, 1.54) is 0 Å². The van der Waals surface area contributed by atoms with E-state index >= 15 is 0 Å². The summed E-state index contributed by atoms with van der Waals surface area (Å²) in [6.07, 6.45) is 0. The van der Waals surface area contributed by atoms with Gasteiger partial charge in [0.1, 0.15) is 0 Å². The summed E-state index contributed by atoms with van der Waals surface area (Å²) in [6, 6.07) is 21.1. The number of nitrogen functional groups attached to an aromatic ring is 1. The van der Waals surface area contributed by atoms with E-state index in [1.54, 1.807) is 54.6 Å². The van der Waals surface area contributed by atoms with Gasteiger partial charge in [0.2, 0.25) is 0 Å². The molecule has 0 saturated heterocycles. The molecule has 0 saturated carbocycles. The highest BCUT2D eigenvalue weighted by Crippen LogP contribution is 2.18. The van der Waals surface area contributed by atoms with Crippen LogP contribution in [0.5, 0.6) is 0 Å². The molecule has 4 N–H and O–H groups in total. The maximum Gasteiger partial charge on any atom is 0.255 e. The van der Waals surface area contributed by atoms with E-state index < -0.39 is 0 Å². The lowest BCUT2D eigenvalue weighted by molar-refractivity contribution is 0.101. The standard InChI is InChI=1S/C21H19N3O2/c1-14-5-2-6-15(11-14)20(25)23-18-9-4-10-19(13-18)24-21(26)16-7-3-8-17(22)12-16/h2-13H,22H2,1H3,(H,23,25)(H,24,26). The zero-order chi connectivity index (χ0) is 18.5. The second kappa shape index (κ2) is 7.53. The SMILES string of the molecule is Cc1cccc(C(=O)Nc2cccc(NC(=O)c3cccc(N)c3)c2)c1. The number of nitrogens with one attached hydrogen (secondary N) is 2. The van der Waals surface area contributed by atoms with Crippen molar-refractivity contribution in [3.8, 4) is 0 Å². The molecule has 0 aliphatic heterocycles. The van der Waals surface area contributed by atoms with Crippen molar-refractivity contribution in [3.05, 3.63) is 89.5 Å². The summed E-state index contributed by atoms with van der Waals surface area (Å²) in [5, 5.41) is 5.64. The van der Waals surface area contributed by atoms with Gasteiger partial charge in [0.05, 0.1) is 0 Å². The largest absolute Gasteiger partial charge is 0.399 e. The van der Waals surface area contributed by atoms with Crippen molar-refractivity contribution < 1.29 is 9.59 Å². The lowest BCUT2D eigenvalue weighted by atomic mass is 10.1. The first kappa shape index (κ1) is 17.2. The predicted octanol–water partition coefficient (Wildman–Crippen LogP) is 4.08. The van der Waals surface area contributed by atoms with Crippen LogP contribution in [0, 0.1) is 6.92 Å². The van der Waals surface area contributed by atoms with Crippen molar-refractivity contribution in [2.75, 3.05) is 16.4 Å².